The first kappa shape index (κ1) is 9.01. The highest BCUT2D eigenvalue weighted by Gasteiger charge is 2.05. The largest absolute Gasteiger partial charge is 0.364 e. The molecule has 1 unspecified atom stereocenters. The molecular formula is C8H7N3O2S. The molecule has 0 saturated carbocycles. The zero-order chi connectivity index (χ0) is 9.97. The number of hydrogen-bond donors (Lipinski definition) is 0. The predicted molar refractivity (Wildman–Crippen MR) is 49.9 cm³/mol. The second kappa shape index (κ2) is 3.67. The topological polar surface area (TPSA) is 68.9 Å². The Kier molecular flexibility index (Phi) is 2.36. The zero-order valence-corrected chi connectivity index (χ0v) is 8.19. The van der Waals surface area contributed by atoms with Crippen molar-refractivity contribution in [1.82, 2.24) is 15.1 Å². The Morgan fingerprint density at radius 2 is 2.36 bits per heavy atom. The van der Waals surface area contributed by atoms with Gasteiger partial charge < -0.3 is 4.52 Å². The maximum Gasteiger partial charge on any atom is 0.218 e. The fourth-order valence-corrected chi connectivity index (χ4v) is 1.41. The van der Waals surface area contributed by atoms with Gasteiger partial charge >= 0.3 is 0 Å². The summed E-state index contributed by atoms with van der Waals surface area (Å²) in [6.07, 6.45) is 6.12. The molecule has 0 spiro atoms. The van der Waals surface area contributed by atoms with E-state index in [-0.39, 0.29) is 0 Å². The number of hydrogen-bond acceptors (Lipinski definition) is 5. The van der Waals surface area contributed by atoms with Crippen LogP contribution in [0.1, 0.15) is 0 Å². The van der Waals surface area contributed by atoms with E-state index < -0.39 is 10.8 Å². The van der Waals surface area contributed by atoms with Crippen LogP contribution < -0.4 is 0 Å². The number of nitrogens with zero attached hydrogens (tertiary/aromatic N) is 3. The van der Waals surface area contributed by atoms with Crippen molar-refractivity contribution < 1.29 is 8.73 Å². The summed E-state index contributed by atoms with van der Waals surface area (Å²) in [7, 11) is -1.17. The molecule has 0 bridgehead atoms. The second-order valence-electron chi connectivity index (χ2n) is 2.59. The van der Waals surface area contributed by atoms with Gasteiger partial charge in [0.05, 0.1) is 28.3 Å². The van der Waals surface area contributed by atoms with Crippen molar-refractivity contribution in [3.63, 3.8) is 0 Å². The Balaban J connectivity index is 2.46. The third-order valence-electron chi connectivity index (χ3n) is 1.62. The zero-order valence-electron chi connectivity index (χ0n) is 7.38. The van der Waals surface area contributed by atoms with Gasteiger partial charge in [-0.2, -0.15) is 0 Å². The lowest BCUT2D eigenvalue weighted by molar-refractivity contribution is 0.420. The minimum Gasteiger partial charge on any atom is -0.364 e. The van der Waals surface area contributed by atoms with Crippen molar-refractivity contribution >= 4 is 10.8 Å². The SMILES string of the molecule is CS(=O)c1nccc(-c2cnoc2)n1. The second-order valence-corrected chi connectivity index (χ2v) is 3.87. The molecule has 2 aromatic heterocycles. The molecule has 72 valence electrons. The van der Waals surface area contributed by atoms with Crippen molar-refractivity contribution in [2.75, 3.05) is 6.26 Å². The molecular weight excluding hydrogens is 202 g/mol. The Morgan fingerprint density at radius 1 is 1.50 bits per heavy atom. The molecule has 2 aromatic rings. The number of rotatable bonds is 2. The maximum absolute atomic E-state index is 11.1. The van der Waals surface area contributed by atoms with Gasteiger partial charge in [0.15, 0.2) is 0 Å². The van der Waals surface area contributed by atoms with E-state index in [1.54, 1.807) is 18.5 Å². The van der Waals surface area contributed by atoms with Crippen LogP contribution in [0.4, 0.5) is 0 Å². The van der Waals surface area contributed by atoms with E-state index in [1.165, 1.54) is 12.5 Å². The van der Waals surface area contributed by atoms with Gasteiger partial charge in [-0.25, -0.2) is 9.97 Å². The Labute approximate surface area is 82.6 Å². The molecule has 1 atom stereocenters. The summed E-state index contributed by atoms with van der Waals surface area (Å²) in [5, 5.41) is 3.87. The van der Waals surface area contributed by atoms with Gasteiger partial charge in [0.2, 0.25) is 5.16 Å². The monoisotopic (exact) mass is 209 g/mol. The summed E-state index contributed by atoms with van der Waals surface area (Å²) < 4.78 is 15.8. The molecule has 14 heavy (non-hydrogen) atoms. The van der Waals surface area contributed by atoms with Crippen LogP contribution in [0, 0.1) is 0 Å². The molecule has 0 N–H and O–H groups in total. The summed E-state index contributed by atoms with van der Waals surface area (Å²) in [5.74, 6) is 0. The fourth-order valence-electron chi connectivity index (χ4n) is 0.971. The van der Waals surface area contributed by atoms with Crippen molar-refractivity contribution in [2.24, 2.45) is 0 Å². The van der Waals surface area contributed by atoms with Gasteiger partial charge in [-0.1, -0.05) is 5.16 Å². The molecule has 0 radical (unpaired) electrons. The first-order valence-corrected chi connectivity index (χ1v) is 5.39. The minimum absolute atomic E-state index is 0.309. The highest BCUT2D eigenvalue weighted by molar-refractivity contribution is 7.84. The van der Waals surface area contributed by atoms with Crippen molar-refractivity contribution in [2.45, 2.75) is 5.16 Å². The molecule has 0 aliphatic carbocycles. The van der Waals surface area contributed by atoms with Crippen LogP contribution in [-0.4, -0.2) is 25.6 Å². The summed E-state index contributed by atoms with van der Waals surface area (Å²) in [5.41, 5.74) is 1.41. The third-order valence-corrected chi connectivity index (χ3v) is 2.33. The molecule has 0 amide bonds. The molecule has 0 aliphatic rings. The molecule has 0 fully saturated rings. The average Bonchev–Trinajstić information content (AvgIpc) is 2.71. The summed E-state index contributed by atoms with van der Waals surface area (Å²) in [6.45, 7) is 0. The Morgan fingerprint density at radius 3 is 3.00 bits per heavy atom. The van der Waals surface area contributed by atoms with E-state index in [0.29, 0.717) is 10.9 Å². The normalized spacial score (nSPS) is 12.6. The lowest BCUT2D eigenvalue weighted by Gasteiger charge is -1.97. The van der Waals surface area contributed by atoms with E-state index >= 15 is 0 Å². The Hall–Kier alpha value is -1.56. The standard InChI is InChI=1S/C8H7N3O2S/c1-14(12)8-9-3-2-7(11-8)6-4-10-13-5-6/h2-5H,1H3. The van der Waals surface area contributed by atoms with Crippen molar-refractivity contribution in [3.8, 4) is 11.3 Å². The third kappa shape index (κ3) is 1.69. The van der Waals surface area contributed by atoms with Crippen LogP contribution in [0.3, 0.4) is 0 Å². The first-order valence-electron chi connectivity index (χ1n) is 3.83. The Bertz CT molecular complexity index is 455. The van der Waals surface area contributed by atoms with E-state index in [4.69, 9.17) is 0 Å². The summed E-state index contributed by atoms with van der Waals surface area (Å²) >= 11 is 0. The van der Waals surface area contributed by atoms with E-state index in [2.05, 4.69) is 19.6 Å². The molecule has 2 heterocycles. The van der Waals surface area contributed by atoms with Crippen LogP contribution in [0.2, 0.25) is 0 Å². The lowest BCUT2D eigenvalue weighted by atomic mass is 10.2. The predicted octanol–water partition coefficient (Wildman–Crippen LogP) is 0.869. The summed E-state index contributed by atoms with van der Waals surface area (Å²) in [6, 6.07) is 1.71. The van der Waals surface area contributed by atoms with Crippen molar-refractivity contribution in [3.05, 3.63) is 24.7 Å². The van der Waals surface area contributed by atoms with Gasteiger partial charge in [0, 0.05) is 12.5 Å². The molecule has 2 rings (SSSR count). The van der Waals surface area contributed by atoms with Crippen LogP contribution in [0.25, 0.3) is 11.3 Å². The molecule has 6 heteroatoms. The van der Waals surface area contributed by atoms with E-state index in [9.17, 15) is 4.21 Å². The van der Waals surface area contributed by atoms with Crippen LogP contribution in [-0.2, 0) is 10.8 Å². The minimum atomic E-state index is -1.17. The van der Waals surface area contributed by atoms with E-state index in [1.807, 2.05) is 0 Å². The lowest BCUT2D eigenvalue weighted by Crippen LogP contribution is -1.97. The van der Waals surface area contributed by atoms with Gasteiger partial charge in [-0.05, 0) is 6.07 Å². The average molecular weight is 209 g/mol. The molecule has 5 nitrogen and oxygen atoms in total. The molecule has 0 aliphatic heterocycles. The highest BCUT2D eigenvalue weighted by atomic mass is 32.2. The highest BCUT2D eigenvalue weighted by Crippen LogP contribution is 2.15. The van der Waals surface area contributed by atoms with Gasteiger partial charge in [-0.15, -0.1) is 0 Å². The van der Waals surface area contributed by atoms with Crippen LogP contribution in [0.5, 0.6) is 0 Å². The fraction of sp³-hybridized carbons (Fsp3) is 0.125. The first-order chi connectivity index (χ1) is 6.77. The smallest absolute Gasteiger partial charge is 0.218 e. The van der Waals surface area contributed by atoms with Crippen LogP contribution in [0.15, 0.2) is 34.4 Å². The van der Waals surface area contributed by atoms with E-state index in [0.717, 1.165) is 5.56 Å². The molecule has 0 aromatic carbocycles. The summed E-state index contributed by atoms with van der Waals surface area (Å²) in [4.78, 5) is 7.99. The molecule has 0 saturated heterocycles. The quantitative estimate of drug-likeness (QED) is 0.686. The van der Waals surface area contributed by atoms with Gasteiger partial charge in [0.1, 0.15) is 6.26 Å². The maximum atomic E-state index is 11.1. The number of aromatic nitrogens is 3. The van der Waals surface area contributed by atoms with Gasteiger partial charge in [-0.3, -0.25) is 4.21 Å². The van der Waals surface area contributed by atoms with Crippen molar-refractivity contribution in [1.29, 1.82) is 0 Å². The van der Waals surface area contributed by atoms with Crippen LogP contribution >= 0.6 is 0 Å². The van der Waals surface area contributed by atoms with Gasteiger partial charge in [0.25, 0.3) is 0 Å².